The van der Waals surface area contributed by atoms with Gasteiger partial charge < -0.3 is 9.31 Å². The summed E-state index contributed by atoms with van der Waals surface area (Å²) in [6, 6.07) is 12.2. The first-order valence-electron chi connectivity index (χ1n) is 11.9. The maximum Gasteiger partial charge on any atom is 0.494 e. The minimum atomic E-state index is -0.371. The molecule has 34 heavy (non-hydrogen) atoms. The molecule has 0 saturated carbocycles. The van der Waals surface area contributed by atoms with Gasteiger partial charge in [-0.2, -0.15) is 0 Å². The molecule has 2 aromatic carbocycles. The summed E-state index contributed by atoms with van der Waals surface area (Å²) < 4.78 is 13.2. The van der Waals surface area contributed by atoms with Crippen LogP contribution in [-0.2, 0) is 42.6 Å². The van der Waals surface area contributed by atoms with E-state index in [1.807, 2.05) is 79.7 Å². The Morgan fingerprint density at radius 3 is 1.65 bits per heavy atom. The van der Waals surface area contributed by atoms with Crippen molar-refractivity contribution in [2.75, 3.05) is 0 Å². The zero-order chi connectivity index (χ0) is 25.3. The second-order valence-corrected chi connectivity index (χ2v) is 12.7. The first kappa shape index (κ1) is 25.3. The minimum absolute atomic E-state index is 0.281. The molecule has 0 radical (unpaired) electrons. The van der Waals surface area contributed by atoms with E-state index in [1.165, 1.54) is 11.1 Å². The van der Waals surface area contributed by atoms with E-state index in [-0.39, 0.29) is 34.9 Å². The van der Waals surface area contributed by atoms with Gasteiger partial charge in [0.25, 0.3) is 0 Å². The third-order valence-corrected chi connectivity index (χ3v) is 8.66. The highest BCUT2D eigenvalue weighted by atomic mass is 79.9. The van der Waals surface area contributed by atoms with Gasteiger partial charge in [-0.1, -0.05) is 40.2 Å². The highest BCUT2D eigenvalue weighted by Crippen LogP contribution is 2.39. The van der Waals surface area contributed by atoms with Crippen LogP contribution >= 0.6 is 15.9 Å². The first-order chi connectivity index (χ1) is 15.6. The summed E-state index contributed by atoms with van der Waals surface area (Å²) in [7, 11) is -0.362. The number of Topliss-reactive ketones (excluding diaryl/α,β-unsaturated/α-hetero) is 2. The number of benzene rings is 2. The molecule has 0 amide bonds. The van der Waals surface area contributed by atoms with Crippen LogP contribution in [-0.4, -0.2) is 29.9 Å². The fourth-order valence-electron chi connectivity index (χ4n) is 4.90. The number of hydrogen-bond donors (Lipinski definition) is 0. The van der Waals surface area contributed by atoms with Crippen molar-refractivity contribution in [3.05, 3.63) is 63.1 Å². The van der Waals surface area contributed by atoms with Gasteiger partial charge in [0.1, 0.15) is 11.6 Å². The monoisotopic (exact) mass is 524 g/mol. The fraction of sp³-hybridized carbons (Fsp3) is 0.500. The number of fused-ring (bicyclic) bond motifs is 2. The van der Waals surface area contributed by atoms with Gasteiger partial charge in [0.2, 0.25) is 0 Å². The highest BCUT2D eigenvalue weighted by molar-refractivity contribution is 9.10. The molecule has 1 aliphatic heterocycles. The first-order valence-corrected chi connectivity index (χ1v) is 12.7. The van der Waals surface area contributed by atoms with E-state index in [9.17, 15) is 9.59 Å². The molecule has 0 spiro atoms. The van der Waals surface area contributed by atoms with E-state index in [4.69, 9.17) is 9.31 Å². The van der Waals surface area contributed by atoms with Gasteiger partial charge in [0.15, 0.2) is 0 Å². The molecule has 1 saturated heterocycles. The Bertz CT molecular complexity index is 1160. The quantitative estimate of drug-likeness (QED) is 0.478. The van der Waals surface area contributed by atoms with Gasteiger partial charge >= 0.3 is 7.12 Å². The molecule has 4 nitrogen and oxygen atoms in total. The van der Waals surface area contributed by atoms with Crippen molar-refractivity contribution >= 4 is 40.1 Å². The predicted molar refractivity (Wildman–Crippen MR) is 140 cm³/mol. The number of halogens is 1. The van der Waals surface area contributed by atoms with E-state index in [0.717, 1.165) is 21.1 Å². The smallest absolute Gasteiger partial charge is 0.399 e. The topological polar surface area (TPSA) is 52.6 Å². The average Bonchev–Trinajstić information content (AvgIpc) is 3.18. The van der Waals surface area contributed by atoms with E-state index in [2.05, 4.69) is 28.1 Å². The number of hydrogen-bond acceptors (Lipinski definition) is 4. The van der Waals surface area contributed by atoms with Crippen molar-refractivity contribution in [3.63, 3.8) is 0 Å². The summed E-state index contributed by atoms with van der Waals surface area (Å²) in [6.45, 7) is 16.2. The van der Waals surface area contributed by atoms with Crippen molar-refractivity contribution in [2.24, 2.45) is 0 Å². The van der Waals surface area contributed by atoms with Crippen LogP contribution in [0.5, 0.6) is 0 Å². The molecule has 2 aromatic rings. The van der Waals surface area contributed by atoms with Crippen molar-refractivity contribution in [1.82, 2.24) is 0 Å². The van der Waals surface area contributed by atoms with Gasteiger partial charge in [-0.3, -0.25) is 9.59 Å². The van der Waals surface area contributed by atoms with E-state index in [0.29, 0.717) is 18.6 Å². The van der Waals surface area contributed by atoms with Gasteiger partial charge in [0.05, 0.1) is 11.2 Å². The zero-order valence-corrected chi connectivity index (χ0v) is 23.1. The van der Waals surface area contributed by atoms with Crippen molar-refractivity contribution in [1.29, 1.82) is 0 Å². The summed E-state index contributed by atoms with van der Waals surface area (Å²) in [6.07, 6.45) is 1.09. The molecule has 5 rings (SSSR count). The maximum absolute atomic E-state index is 12.1. The molecule has 180 valence electrons. The van der Waals surface area contributed by atoms with Crippen LogP contribution in [0, 0.1) is 0 Å². The van der Waals surface area contributed by atoms with Crippen molar-refractivity contribution in [3.8, 4) is 0 Å². The van der Waals surface area contributed by atoms with Crippen LogP contribution in [0.2, 0.25) is 0 Å². The Labute approximate surface area is 212 Å². The lowest BCUT2D eigenvalue weighted by Gasteiger charge is -2.32. The Morgan fingerprint density at radius 1 is 0.706 bits per heavy atom. The standard InChI is InChI=1S/C17H23BO3.C11H11BrO/c1-15(2)13-8-7-12(9-11(13)10-14(15)19)18-20-16(3,4)17(5,6)21-18;1-11(2)9-4-3-8(12)5-7(9)6-10(11)13/h7-9H,10H2,1-6H3;3-5H,6H2,1-2H3. The molecule has 2 aliphatic carbocycles. The molecular weight excluding hydrogens is 491 g/mol. The number of carbonyl (C=O) groups is 2. The number of carbonyl (C=O) groups excluding carboxylic acids is 2. The second kappa shape index (κ2) is 8.14. The normalized spacial score (nSPS) is 22.8. The highest BCUT2D eigenvalue weighted by Gasteiger charge is 2.52. The maximum atomic E-state index is 12.1. The molecule has 0 unspecified atom stereocenters. The van der Waals surface area contributed by atoms with Crippen LogP contribution in [0.1, 0.15) is 77.6 Å². The molecule has 1 fully saturated rings. The van der Waals surface area contributed by atoms with Crippen molar-refractivity contribution in [2.45, 2.75) is 90.3 Å². The Kier molecular flexibility index (Phi) is 6.07. The molecule has 6 heteroatoms. The molecule has 3 aliphatic rings. The molecular formula is C28H34BBrO4. The SMILES string of the molecule is CC1(C)C(=O)Cc2cc(B3OC(C)(C)C(C)(C)O3)ccc21.CC1(C)C(=O)Cc2cc(Br)ccc21. The van der Waals surface area contributed by atoms with E-state index >= 15 is 0 Å². The van der Waals surface area contributed by atoms with Crippen molar-refractivity contribution < 1.29 is 18.9 Å². The average molecular weight is 525 g/mol. The molecule has 0 aromatic heterocycles. The van der Waals surface area contributed by atoms with Crippen LogP contribution in [0.15, 0.2) is 40.9 Å². The number of rotatable bonds is 1. The van der Waals surface area contributed by atoms with Gasteiger partial charge in [-0.05, 0) is 95.2 Å². The van der Waals surface area contributed by atoms with Gasteiger partial charge in [-0.25, -0.2) is 0 Å². The fourth-order valence-corrected chi connectivity index (χ4v) is 5.31. The third-order valence-electron chi connectivity index (χ3n) is 8.16. The largest absolute Gasteiger partial charge is 0.494 e. The van der Waals surface area contributed by atoms with Gasteiger partial charge in [0, 0.05) is 28.1 Å². The lowest BCUT2D eigenvalue weighted by atomic mass is 9.76. The Balaban J connectivity index is 0.000000180. The van der Waals surface area contributed by atoms with E-state index < -0.39 is 0 Å². The molecule has 0 N–H and O–H groups in total. The van der Waals surface area contributed by atoms with Gasteiger partial charge in [-0.15, -0.1) is 0 Å². The number of ketones is 2. The summed E-state index contributed by atoms with van der Waals surface area (Å²) in [4.78, 5) is 23.8. The van der Waals surface area contributed by atoms with Crippen LogP contribution < -0.4 is 5.46 Å². The second-order valence-electron chi connectivity index (χ2n) is 11.8. The molecule has 1 heterocycles. The Hall–Kier alpha value is -1.76. The molecule has 0 atom stereocenters. The molecule has 0 bridgehead atoms. The van der Waals surface area contributed by atoms with E-state index in [1.54, 1.807) is 0 Å². The lowest BCUT2D eigenvalue weighted by Crippen LogP contribution is -2.41. The lowest BCUT2D eigenvalue weighted by molar-refractivity contribution is -0.122. The predicted octanol–water partition coefficient (Wildman–Crippen LogP) is 5.24. The zero-order valence-electron chi connectivity index (χ0n) is 21.5. The van der Waals surface area contributed by atoms with Crippen LogP contribution in [0.4, 0.5) is 0 Å². The van der Waals surface area contributed by atoms with Crippen LogP contribution in [0.3, 0.4) is 0 Å². The minimum Gasteiger partial charge on any atom is -0.399 e. The third kappa shape index (κ3) is 4.12. The summed E-state index contributed by atoms with van der Waals surface area (Å²) in [5, 5.41) is 0. The summed E-state index contributed by atoms with van der Waals surface area (Å²) >= 11 is 3.41. The Morgan fingerprint density at radius 2 is 1.15 bits per heavy atom. The van der Waals surface area contributed by atoms with Crippen LogP contribution in [0.25, 0.3) is 0 Å². The summed E-state index contributed by atoms with van der Waals surface area (Å²) in [5.41, 5.74) is 4.25. The summed E-state index contributed by atoms with van der Waals surface area (Å²) in [5.74, 6) is 0.601.